The third-order valence-electron chi connectivity index (χ3n) is 3.82. The van der Waals surface area contributed by atoms with Gasteiger partial charge in [0, 0.05) is 31.4 Å². The number of rotatable bonds is 3. The van der Waals surface area contributed by atoms with E-state index in [0.29, 0.717) is 16.9 Å². The van der Waals surface area contributed by atoms with Gasteiger partial charge in [-0.25, -0.2) is 0 Å². The molecule has 118 valence electrons. The minimum absolute atomic E-state index is 0.301. The zero-order chi connectivity index (χ0) is 16.7. The van der Waals surface area contributed by atoms with Crippen LogP contribution in [0.1, 0.15) is 26.5 Å². The lowest BCUT2D eigenvalue weighted by Crippen LogP contribution is -2.15. The van der Waals surface area contributed by atoms with Gasteiger partial charge in [0.05, 0.1) is 16.8 Å². The van der Waals surface area contributed by atoms with Gasteiger partial charge in [0.25, 0.3) is 5.91 Å². The van der Waals surface area contributed by atoms with Crippen LogP contribution in [-0.2, 0) is 14.1 Å². The molecule has 2 heterocycles. The third-order valence-corrected chi connectivity index (χ3v) is 3.82. The molecular formula is C16H17N5O2. The Morgan fingerprint density at radius 2 is 1.96 bits per heavy atom. The van der Waals surface area contributed by atoms with E-state index in [1.54, 1.807) is 16.3 Å². The first-order valence-corrected chi connectivity index (χ1v) is 7.07. The highest BCUT2D eigenvalue weighted by Crippen LogP contribution is 2.22. The molecule has 7 heteroatoms. The topological polar surface area (TPSA) is 94.9 Å². The van der Waals surface area contributed by atoms with E-state index >= 15 is 0 Å². The van der Waals surface area contributed by atoms with Gasteiger partial charge in [-0.05, 0) is 31.2 Å². The van der Waals surface area contributed by atoms with Gasteiger partial charge in [-0.15, -0.1) is 0 Å². The van der Waals surface area contributed by atoms with Crippen LogP contribution in [-0.4, -0.2) is 26.2 Å². The average Bonchev–Trinajstić information content (AvgIpc) is 3.00. The molecule has 1 aromatic carbocycles. The normalized spacial score (nSPS) is 10.9. The van der Waals surface area contributed by atoms with Crippen LogP contribution in [0.15, 0.2) is 30.5 Å². The summed E-state index contributed by atoms with van der Waals surface area (Å²) in [6.07, 6.45) is 1.53. The second-order valence-electron chi connectivity index (χ2n) is 5.48. The fraction of sp³-hybridized carbons (Fsp3) is 0.188. The summed E-state index contributed by atoms with van der Waals surface area (Å²) >= 11 is 0. The molecule has 7 nitrogen and oxygen atoms in total. The Labute approximate surface area is 132 Å². The van der Waals surface area contributed by atoms with Crippen molar-refractivity contribution in [3.63, 3.8) is 0 Å². The quantitative estimate of drug-likeness (QED) is 0.768. The summed E-state index contributed by atoms with van der Waals surface area (Å²) in [5.74, 6) is -0.871. The van der Waals surface area contributed by atoms with Gasteiger partial charge in [-0.3, -0.25) is 14.3 Å². The predicted octanol–water partition coefficient (Wildman–Crippen LogP) is 1.57. The minimum atomic E-state index is -0.563. The Balaban J connectivity index is 1.91. The number of amides is 2. The predicted molar refractivity (Wildman–Crippen MR) is 87.3 cm³/mol. The lowest BCUT2D eigenvalue weighted by molar-refractivity contribution is 0.0998. The number of aromatic nitrogens is 3. The number of anilines is 1. The maximum absolute atomic E-state index is 12.4. The number of carbonyl (C=O) groups is 2. The molecule has 2 aromatic heterocycles. The molecule has 3 rings (SSSR count). The monoisotopic (exact) mass is 311 g/mol. The molecule has 0 bridgehead atoms. The Bertz CT molecular complexity index is 935. The highest BCUT2D eigenvalue weighted by molar-refractivity contribution is 6.06. The third kappa shape index (κ3) is 2.57. The zero-order valence-corrected chi connectivity index (χ0v) is 13.1. The maximum atomic E-state index is 12.4. The number of benzene rings is 1. The van der Waals surface area contributed by atoms with Crippen molar-refractivity contribution in [2.45, 2.75) is 6.92 Å². The Kier molecular flexibility index (Phi) is 3.40. The van der Waals surface area contributed by atoms with Crippen molar-refractivity contribution in [1.29, 1.82) is 0 Å². The molecule has 0 unspecified atom stereocenters. The molecule has 23 heavy (non-hydrogen) atoms. The lowest BCUT2D eigenvalue weighted by atomic mass is 10.2. The summed E-state index contributed by atoms with van der Waals surface area (Å²) in [6.45, 7) is 1.94. The number of hydrogen-bond acceptors (Lipinski definition) is 3. The number of nitrogens with one attached hydrogen (secondary N) is 1. The second-order valence-corrected chi connectivity index (χ2v) is 5.48. The van der Waals surface area contributed by atoms with Crippen molar-refractivity contribution >= 4 is 28.4 Å². The number of hydrogen-bond donors (Lipinski definition) is 2. The van der Waals surface area contributed by atoms with E-state index in [4.69, 9.17) is 5.73 Å². The molecule has 0 saturated heterocycles. The minimum Gasteiger partial charge on any atom is -0.366 e. The van der Waals surface area contributed by atoms with E-state index in [0.717, 1.165) is 16.6 Å². The van der Waals surface area contributed by atoms with Crippen LogP contribution in [0.3, 0.4) is 0 Å². The maximum Gasteiger partial charge on any atom is 0.272 e. The highest BCUT2D eigenvalue weighted by Gasteiger charge is 2.15. The molecule has 2 amide bonds. The molecular weight excluding hydrogens is 294 g/mol. The van der Waals surface area contributed by atoms with E-state index in [-0.39, 0.29) is 5.91 Å². The molecule has 0 spiro atoms. The van der Waals surface area contributed by atoms with E-state index in [9.17, 15) is 9.59 Å². The van der Waals surface area contributed by atoms with Crippen LogP contribution in [0.25, 0.3) is 10.9 Å². The highest BCUT2D eigenvalue weighted by atomic mass is 16.2. The van der Waals surface area contributed by atoms with Crippen molar-refractivity contribution in [2.75, 3.05) is 5.32 Å². The molecule has 3 N–H and O–H groups in total. The van der Waals surface area contributed by atoms with Crippen LogP contribution in [0.2, 0.25) is 0 Å². The van der Waals surface area contributed by atoms with Gasteiger partial charge < -0.3 is 15.6 Å². The van der Waals surface area contributed by atoms with Crippen molar-refractivity contribution in [3.8, 4) is 0 Å². The molecule has 0 radical (unpaired) electrons. The largest absolute Gasteiger partial charge is 0.366 e. The van der Waals surface area contributed by atoms with Gasteiger partial charge in [0.1, 0.15) is 5.69 Å². The first-order chi connectivity index (χ1) is 10.9. The summed E-state index contributed by atoms with van der Waals surface area (Å²) in [4.78, 5) is 23.6. The molecule has 0 fully saturated rings. The van der Waals surface area contributed by atoms with Gasteiger partial charge in [-0.1, -0.05) is 0 Å². The molecule has 0 atom stereocenters. The summed E-state index contributed by atoms with van der Waals surface area (Å²) in [5, 5.41) is 8.22. The van der Waals surface area contributed by atoms with Crippen LogP contribution >= 0.6 is 0 Å². The van der Waals surface area contributed by atoms with Crippen LogP contribution < -0.4 is 11.1 Å². The lowest BCUT2D eigenvalue weighted by Gasteiger charge is -2.06. The smallest absolute Gasteiger partial charge is 0.272 e. The number of nitrogens with zero attached hydrogens (tertiary/aromatic N) is 3. The van der Waals surface area contributed by atoms with Gasteiger partial charge in [-0.2, -0.15) is 5.10 Å². The summed E-state index contributed by atoms with van der Waals surface area (Å²) in [5.41, 5.74) is 8.43. The van der Waals surface area contributed by atoms with Crippen LogP contribution in [0, 0.1) is 6.92 Å². The SMILES string of the molecule is Cc1nn(C)c2cc(NC(=O)c3cc(C(N)=O)cn3C)ccc12. The fourth-order valence-corrected chi connectivity index (χ4v) is 2.64. The van der Waals surface area contributed by atoms with Crippen molar-refractivity contribution in [1.82, 2.24) is 14.3 Å². The van der Waals surface area contributed by atoms with Crippen molar-refractivity contribution in [3.05, 3.63) is 47.4 Å². The Hall–Kier alpha value is -3.09. The van der Waals surface area contributed by atoms with Gasteiger partial charge in [0.15, 0.2) is 0 Å². The standard InChI is InChI=1S/C16H17N5O2/c1-9-12-5-4-11(7-13(12)21(3)19-9)18-16(23)14-6-10(15(17)22)8-20(14)2/h4-8H,1-3H3,(H2,17,22)(H,18,23). The zero-order valence-electron chi connectivity index (χ0n) is 13.1. The van der Waals surface area contributed by atoms with Crippen molar-refractivity contribution in [2.24, 2.45) is 19.8 Å². The molecule has 3 aromatic rings. The molecule has 0 aliphatic rings. The Morgan fingerprint density at radius 3 is 2.61 bits per heavy atom. The number of aryl methyl sites for hydroxylation is 3. The summed E-state index contributed by atoms with van der Waals surface area (Å²) < 4.78 is 3.34. The summed E-state index contributed by atoms with van der Waals surface area (Å²) in [6, 6.07) is 7.09. The van der Waals surface area contributed by atoms with E-state index in [1.165, 1.54) is 12.3 Å². The number of primary amides is 1. The van der Waals surface area contributed by atoms with Crippen LogP contribution in [0.4, 0.5) is 5.69 Å². The van der Waals surface area contributed by atoms with Gasteiger partial charge >= 0.3 is 0 Å². The van der Waals surface area contributed by atoms with E-state index in [2.05, 4.69) is 10.4 Å². The Morgan fingerprint density at radius 1 is 1.22 bits per heavy atom. The van der Waals surface area contributed by atoms with E-state index in [1.807, 2.05) is 32.2 Å². The first kappa shape index (κ1) is 14.8. The fourth-order valence-electron chi connectivity index (χ4n) is 2.64. The number of nitrogens with two attached hydrogens (primary N) is 1. The number of carbonyl (C=O) groups excluding carboxylic acids is 2. The number of fused-ring (bicyclic) bond motifs is 1. The van der Waals surface area contributed by atoms with Gasteiger partial charge in [0.2, 0.25) is 5.91 Å². The molecule has 0 aliphatic carbocycles. The average molecular weight is 311 g/mol. The second kappa shape index (κ2) is 5.28. The van der Waals surface area contributed by atoms with Crippen molar-refractivity contribution < 1.29 is 9.59 Å². The van der Waals surface area contributed by atoms with Crippen LogP contribution in [0.5, 0.6) is 0 Å². The van der Waals surface area contributed by atoms with E-state index < -0.39 is 5.91 Å². The molecule has 0 aliphatic heterocycles. The first-order valence-electron chi connectivity index (χ1n) is 7.07. The molecule has 0 saturated carbocycles. The summed E-state index contributed by atoms with van der Waals surface area (Å²) in [7, 11) is 3.55.